The molecule has 1 aromatic heterocycles. The molecular weight excluding hydrogens is 380 g/mol. The predicted octanol–water partition coefficient (Wildman–Crippen LogP) is 3.71. The Labute approximate surface area is 178 Å². The fraction of sp³-hybridized carbons (Fsp3) is 0.478. The first-order valence-electron chi connectivity index (χ1n) is 10.5. The van der Waals surface area contributed by atoms with Crippen LogP contribution in [0.2, 0.25) is 0 Å². The molecule has 1 saturated carbocycles. The van der Waals surface area contributed by atoms with Crippen LogP contribution in [0.15, 0.2) is 42.6 Å². The van der Waals surface area contributed by atoms with E-state index in [1.165, 1.54) is 0 Å². The van der Waals surface area contributed by atoms with Crippen LogP contribution in [0.25, 0.3) is 0 Å². The highest BCUT2D eigenvalue weighted by Gasteiger charge is 2.35. The SMILES string of the molecule is COc1cccc(NC(=O)N(CC(=O)N(Cc2cccn2C)CC(C)C)C2CC2)c1. The van der Waals surface area contributed by atoms with E-state index in [2.05, 4.69) is 19.2 Å². The van der Waals surface area contributed by atoms with Crippen molar-refractivity contribution in [1.29, 1.82) is 0 Å². The number of nitrogens with one attached hydrogen (secondary N) is 1. The Morgan fingerprint density at radius 2 is 2.00 bits per heavy atom. The fourth-order valence-corrected chi connectivity index (χ4v) is 3.45. The summed E-state index contributed by atoms with van der Waals surface area (Å²) in [5.41, 5.74) is 1.73. The summed E-state index contributed by atoms with van der Waals surface area (Å²) in [6.45, 7) is 5.47. The molecule has 162 valence electrons. The summed E-state index contributed by atoms with van der Waals surface area (Å²) in [6, 6.07) is 11.1. The Morgan fingerprint density at radius 1 is 1.23 bits per heavy atom. The molecule has 0 unspecified atom stereocenters. The highest BCUT2D eigenvalue weighted by molar-refractivity contribution is 5.93. The van der Waals surface area contributed by atoms with Gasteiger partial charge in [-0.15, -0.1) is 0 Å². The minimum atomic E-state index is -0.248. The van der Waals surface area contributed by atoms with Crippen molar-refractivity contribution < 1.29 is 14.3 Å². The number of methoxy groups -OCH3 is 1. The second kappa shape index (κ2) is 9.69. The van der Waals surface area contributed by atoms with Crippen LogP contribution in [-0.4, -0.2) is 52.5 Å². The third kappa shape index (κ3) is 5.78. The Balaban J connectivity index is 1.69. The van der Waals surface area contributed by atoms with Crippen LogP contribution in [0.4, 0.5) is 10.5 Å². The van der Waals surface area contributed by atoms with Gasteiger partial charge in [0, 0.05) is 43.3 Å². The number of anilines is 1. The summed E-state index contributed by atoms with van der Waals surface area (Å²) in [6.07, 6.45) is 3.84. The van der Waals surface area contributed by atoms with Crippen molar-refractivity contribution in [2.75, 3.05) is 25.5 Å². The summed E-state index contributed by atoms with van der Waals surface area (Å²) in [5, 5.41) is 2.91. The first-order valence-corrected chi connectivity index (χ1v) is 10.5. The van der Waals surface area contributed by atoms with Crippen LogP contribution in [0.3, 0.4) is 0 Å². The highest BCUT2D eigenvalue weighted by atomic mass is 16.5. The minimum absolute atomic E-state index is 0.0300. The normalized spacial score (nSPS) is 13.2. The lowest BCUT2D eigenvalue weighted by Crippen LogP contribution is -2.46. The maximum atomic E-state index is 13.2. The van der Waals surface area contributed by atoms with E-state index in [0.717, 1.165) is 18.5 Å². The molecule has 0 atom stereocenters. The Hall–Kier alpha value is -2.96. The number of urea groups is 1. The molecule has 2 aromatic rings. The lowest BCUT2D eigenvalue weighted by Gasteiger charge is -2.29. The van der Waals surface area contributed by atoms with E-state index in [1.54, 1.807) is 18.1 Å². The number of aromatic nitrogens is 1. The number of carbonyl (C=O) groups is 2. The molecular formula is C23H32N4O3. The van der Waals surface area contributed by atoms with Crippen LogP contribution < -0.4 is 10.1 Å². The summed E-state index contributed by atoms with van der Waals surface area (Å²) < 4.78 is 7.24. The predicted molar refractivity (Wildman–Crippen MR) is 117 cm³/mol. The van der Waals surface area contributed by atoms with Gasteiger partial charge in [-0.3, -0.25) is 4.79 Å². The van der Waals surface area contributed by atoms with Gasteiger partial charge in [0.05, 0.1) is 13.7 Å². The lowest BCUT2D eigenvalue weighted by atomic mass is 10.2. The summed E-state index contributed by atoms with van der Waals surface area (Å²) >= 11 is 0. The van der Waals surface area contributed by atoms with E-state index in [4.69, 9.17) is 4.74 Å². The second-order valence-electron chi connectivity index (χ2n) is 8.30. The van der Waals surface area contributed by atoms with Gasteiger partial charge >= 0.3 is 6.03 Å². The maximum Gasteiger partial charge on any atom is 0.322 e. The van der Waals surface area contributed by atoms with Gasteiger partial charge in [0.2, 0.25) is 5.91 Å². The number of nitrogens with zero attached hydrogens (tertiary/aromatic N) is 3. The van der Waals surface area contributed by atoms with Crippen LogP contribution in [0.1, 0.15) is 32.4 Å². The van der Waals surface area contributed by atoms with Crippen molar-refractivity contribution in [1.82, 2.24) is 14.4 Å². The molecule has 7 nitrogen and oxygen atoms in total. The number of hydrogen-bond donors (Lipinski definition) is 1. The van der Waals surface area contributed by atoms with Crippen LogP contribution in [0, 0.1) is 5.92 Å². The molecule has 1 fully saturated rings. The van der Waals surface area contributed by atoms with E-state index < -0.39 is 0 Å². The van der Waals surface area contributed by atoms with E-state index in [9.17, 15) is 9.59 Å². The molecule has 0 bridgehead atoms. The van der Waals surface area contributed by atoms with Gasteiger partial charge in [-0.2, -0.15) is 0 Å². The van der Waals surface area contributed by atoms with E-state index in [-0.39, 0.29) is 24.5 Å². The molecule has 1 aliphatic carbocycles. The largest absolute Gasteiger partial charge is 0.497 e. The molecule has 1 aromatic carbocycles. The average Bonchev–Trinajstić information content (AvgIpc) is 3.47. The molecule has 1 aliphatic rings. The van der Waals surface area contributed by atoms with Gasteiger partial charge < -0.3 is 24.4 Å². The molecule has 3 rings (SSSR count). The lowest BCUT2D eigenvalue weighted by molar-refractivity contribution is -0.133. The molecule has 7 heteroatoms. The van der Waals surface area contributed by atoms with Gasteiger partial charge in [-0.1, -0.05) is 19.9 Å². The van der Waals surface area contributed by atoms with Gasteiger partial charge in [0.1, 0.15) is 12.3 Å². The third-order valence-corrected chi connectivity index (χ3v) is 5.22. The fourth-order valence-electron chi connectivity index (χ4n) is 3.45. The first kappa shape index (κ1) is 21.7. The number of benzene rings is 1. The van der Waals surface area contributed by atoms with Crippen LogP contribution in [0.5, 0.6) is 5.75 Å². The number of carbonyl (C=O) groups excluding carboxylic acids is 2. The van der Waals surface area contributed by atoms with Gasteiger partial charge in [-0.05, 0) is 43.0 Å². The van der Waals surface area contributed by atoms with E-state index in [0.29, 0.717) is 30.4 Å². The zero-order valence-electron chi connectivity index (χ0n) is 18.3. The van der Waals surface area contributed by atoms with Crippen LogP contribution >= 0.6 is 0 Å². The average molecular weight is 413 g/mol. The van der Waals surface area contributed by atoms with Crippen molar-refractivity contribution in [3.63, 3.8) is 0 Å². The zero-order valence-corrected chi connectivity index (χ0v) is 18.3. The number of amides is 3. The maximum absolute atomic E-state index is 13.2. The van der Waals surface area contributed by atoms with Crippen molar-refractivity contribution in [3.8, 4) is 5.75 Å². The number of hydrogen-bond acceptors (Lipinski definition) is 3. The topological polar surface area (TPSA) is 66.8 Å². The smallest absolute Gasteiger partial charge is 0.322 e. The molecule has 0 radical (unpaired) electrons. The summed E-state index contributed by atoms with van der Waals surface area (Å²) in [5.74, 6) is 0.985. The molecule has 0 saturated heterocycles. The van der Waals surface area contributed by atoms with E-state index >= 15 is 0 Å². The zero-order chi connectivity index (χ0) is 21.7. The van der Waals surface area contributed by atoms with Crippen molar-refractivity contribution in [2.45, 2.75) is 39.3 Å². The Bertz CT molecular complexity index is 873. The standard InChI is InChI=1S/C23H32N4O3/c1-17(2)14-26(15-20-8-6-12-25(20)3)22(28)16-27(19-10-11-19)23(29)24-18-7-5-9-21(13-18)30-4/h5-9,12-13,17,19H,10-11,14-16H2,1-4H3,(H,24,29). The number of rotatable bonds is 9. The number of aryl methyl sites for hydroxylation is 1. The molecule has 1 heterocycles. The molecule has 0 spiro atoms. The van der Waals surface area contributed by atoms with Gasteiger partial charge in [-0.25, -0.2) is 4.79 Å². The molecule has 1 N–H and O–H groups in total. The van der Waals surface area contributed by atoms with Crippen molar-refractivity contribution in [2.24, 2.45) is 13.0 Å². The highest BCUT2D eigenvalue weighted by Crippen LogP contribution is 2.28. The summed E-state index contributed by atoms with van der Waals surface area (Å²) in [7, 11) is 3.57. The van der Waals surface area contributed by atoms with Crippen LogP contribution in [-0.2, 0) is 18.4 Å². The first-order chi connectivity index (χ1) is 14.4. The molecule has 0 aliphatic heterocycles. The van der Waals surface area contributed by atoms with Gasteiger partial charge in [0.25, 0.3) is 0 Å². The van der Waals surface area contributed by atoms with Crippen molar-refractivity contribution >= 4 is 17.6 Å². The number of ether oxygens (including phenoxy) is 1. The third-order valence-electron chi connectivity index (χ3n) is 5.22. The Kier molecular flexibility index (Phi) is 7.03. The minimum Gasteiger partial charge on any atom is -0.497 e. The quantitative estimate of drug-likeness (QED) is 0.683. The monoisotopic (exact) mass is 412 g/mol. The van der Waals surface area contributed by atoms with Crippen molar-refractivity contribution in [3.05, 3.63) is 48.3 Å². The van der Waals surface area contributed by atoms with Gasteiger partial charge in [0.15, 0.2) is 0 Å². The van der Waals surface area contributed by atoms with E-state index in [1.807, 2.05) is 53.0 Å². The molecule has 30 heavy (non-hydrogen) atoms. The molecule has 3 amide bonds. The summed E-state index contributed by atoms with van der Waals surface area (Å²) in [4.78, 5) is 29.7. The second-order valence-corrected chi connectivity index (χ2v) is 8.30. The Morgan fingerprint density at radius 3 is 2.60 bits per heavy atom.